The number of nitrogens with zero attached hydrogens (tertiary/aromatic N) is 2. The van der Waals surface area contributed by atoms with Gasteiger partial charge in [-0.1, -0.05) is 0 Å². The largest absolute Gasteiger partial charge is 0.490 e. The normalized spacial score (nSPS) is 16.0. The van der Waals surface area contributed by atoms with Crippen LogP contribution < -0.4 is 10.1 Å². The summed E-state index contributed by atoms with van der Waals surface area (Å²) < 4.78 is 28.7. The third kappa shape index (κ3) is 4.30. The Kier molecular flexibility index (Phi) is 5.11. The minimum Gasteiger partial charge on any atom is -0.490 e. The predicted molar refractivity (Wildman–Crippen MR) is 91.7 cm³/mol. The molecule has 0 bridgehead atoms. The molecule has 1 aliphatic heterocycles. The SMILES string of the molecule is CS(=O)(=O)c1ccc(-c2ncc(OCC3CCNCC3)cn2)cc1. The molecule has 3 rings (SSSR count). The van der Waals surface area contributed by atoms with Crippen molar-refractivity contribution < 1.29 is 13.2 Å². The van der Waals surface area contributed by atoms with Gasteiger partial charge in [0.05, 0.1) is 23.9 Å². The van der Waals surface area contributed by atoms with E-state index in [0.29, 0.717) is 24.1 Å². The Bertz CT molecular complexity index is 768. The molecule has 0 radical (unpaired) electrons. The molecule has 1 aliphatic rings. The Labute approximate surface area is 142 Å². The molecule has 1 aromatic heterocycles. The molecule has 7 heteroatoms. The third-order valence-corrected chi connectivity index (χ3v) is 5.24. The third-order valence-electron chi connectivity index (χ3n) is 4.11. The van der Waals surface area contributed by atoms with Gasteiger partial charge in [0.15, 0.2) is 21.4 Å². The minimum atomic E-state index is -3.19. The lowest BCUT2D eigenvalue weighted by molar-refractivity contribution is 0.214. The van der Waals surface area contributed by atoms with Crippen LogP contribution in [0.4, 0.5) is 0 Å². The molecular formula is C17H21N3O3S. The van der Waals surface area contributed by atoms with Crippen molar-refractivity contribution in [1.82, 2.24) is 15.3 Å². The first-order valence-electron chi connectivity index (χ1n) is 7.98. The van der Waals surface area contributed by atoms with Crippen LogP contribution in [0.1, 0.15) is 12.8 Å². The van der Waals surface area contributed by atoms with E-state index in [0.717, 1.165) is 31.5 Å². The van der Waals surface area contributed by atoms with Gasteiger partial charge >= 0.3 is 0 Å². The van der Waals surface area contributed by atoms with Crippen molar-refractivity contribution in [2.24, 2.45) is 5.92 Å². The zero-order chi connectivity index (χ0) is 17.0. The first-order chi connectivity index (χ1) is 11.5. The van der Waals surface area contributed by atoms with E-state index in [1.54, 1.807) is 36.7 Å². The molecule has 2 heterocycles. The smallest absolute Gasteiger partial charge is 0.175 e. The zero-order valence-electron chi connectivity index (χ0n) is 13.6. The summed E-state index contributed by atoms with van der Waals surface area (Å²) in [6.45, 7) is 2.79. The number of nitrogens with one attached hydrogen (secondary N) is 1. The lowest BCUT2D eigenvalue weighted by Crippen LogP contribution is -2.30. The lowest BCUT2D eigenvalue weighted by Gasteiger charge is -2.22. The number of hydrogen-bond acceptors (Lipinski definition) is 6. The van der Waals surface area contributed by atoms with E-state index in [2.05, 4.69) is 15.3 Å². The van der Waals surface area contributed by atoms with Crippen molar-refractivity contribution in [3.8, 4) is 17.1 Å². The average Bonchev–Trinajstić information content (AvgIpc) is 2.61. The van der Waals surface area contributed by atoms with E-state index < -0.39 is 9.84 Å². The molecule has 24 heavy (non-hydrogen) atoms. The van der Waals surface area contributed by atoms with Crippen LogP contribution in [-0.4, -0.2) is 44.3 Å². The van der Waals surface area contributed by atoms with Gasteiger partial charge in [-0.25, -0.2) is 18.4 Å². The number of piperidine rings is 1. The van der Waals surface area contributed by atoms with E-state index >= 15 is 0 Å². The number of rotatable bonds is 5. The molecule has 0 saturated carbocycles. The van der Waals surface area contributed by atoms with Gasteiger partial charge in [0.2, 0.25) is 0 Å². The zero-order valence-corrected chi connectivity index (χ0v) is 14.4. The van der Waals surface area contributed by atoms with Crippen LogP contribution in [0.15, 0.2) is 41.6 Å². The molecular weight excluding hydrogens is 326 g/mol. The molecule has 1 aromatic carbocycles. The fraction of sp³-hybridized carbons (Fsp3) is 0.412. The second-order valence-corrected chi connectivity index (χ2v) is 8.06. The van der Waals surface area contributed by atoms with Gasteiger partial charge in [0, 0.05) is 11.8 Å². The number of ether oxygens (including phenoxy) is 1. The summed E-state index contributed by atoms with van der Waals surface area (Å²) in [7, 11) is -3.19. The van der Waals surface area contributed by atoms with Crippen molar-refractivity contribution in [2.45, 2.75) is 17.7 Å². The highest BCUT2D eigenvalue weighted by molar-refractivity contribution is 7.90. The van der Waals surface area contributed by atoms with Gasteiger partial charge in [-0.2, -0.15) is 0 Å². The molecule has 0 aliphatic carbocycles. The quantitative estimate of drug-likeness (QED) is 0.890. The molecule has 128 valence electrons. The van der Waals surface area contributed by atoms with Gasteiger partial charge in [0.25, 0.3) is 0 Å². The Morgan fingerprint density at radius 2 is 1.75 bits per heavy atom. The maximum atomic E-state index is 11.5. The van der Waals surface area contributed by atoms with Crippen LogP contribution in [0, 0.1) is 5.92 Å². The summed E-state index contributed by atoms with van der Waals surface area (Å²) in [6.07, 6.45) is 6.77. The Balaban J connectivity index is 1.63. The highest BCUT2D eigenvalue weighted by Crippen LogP contribution is 2.20. The average molecular weight is 347 g/mol. The van der Waals surface area contributed by atoms with Gasteiger partial charge in [-0.15, -0.1) is 0 Å². The van der Waals surface area contributed by atoms with E-state index in [4.69, 9.17) is 4.74 Å². The number of aromatic nitrogens is 2. The summed E-state index contributed by atoms with van der Waals surface area (Å²) >= 11 is 0. The molecule has 0 amide bonds. The molecule has 2 aromatic rings. The Morgan fingerprint density at radius 3 is 2.33 bits per heavy atom. The van der Waals surface area contributed by atoms with E-state index in [-0.39, 0.29) is 4.90 Å². The second kappa shape index (κ2) is 7.27. The lowest BCUT2D eigenvalue weighted by atomic mass is 9.99. The predicted octanol–water partition coefficient (Wildman–Crippen LogP) is 1.93. The van der Waals surface area contributed by atoms with Crippen molar-refractivity contribution >= 4 is 9.84 Å². The maximum Gasteiger partial charge on any atom is 0.175 e. The molecule has 6 nitrogen and oxygen atoms in total. The summed E-state index contributed by atoms with van der Waals surface area (Å²) in [4.78, 5) is 8.90. The fourth-order valence-corrected chi connectivity index (χ4v) is 3.28. The van der Waals surface area contributed by atoms with Crippen LogP contribution >= 0.6 is 0 Å². The molecule has 0 atom stereocenters. The number of sulfone groups is 1. The van der Waals surface area contributed by atoms with E-state index in [1.807, 2.05) is 0 Å². The number of hydrogen-bond donors (Lipinski definition) is 1. The van der Waals surface area contributed by atoms with Crippen LogP contribution in [0.3, 0.4) is 0 Å². The standard InChI is InChI=1S/C17H21N3O3S/c1-24(21,22)16-4-2-14(3-5-16)17-19-10-15(11-20-17)23-12-13-6-8-18-9-7-13/h2-5,10-11,13,18H,6-9,12H2,1H3. The van der Waals surface area contributed by atoms with Crippen molar-refractivity contribution in [2.75, 3.05) is 26.0 Å². The van der Waals surface area contributed by atoms with Crippen LogP contribution in [-0.2, 0) is 9.84 Å². The second-order valence-electron chi connectivity index (χ2n) is 6.04. The van der Waals surface area contributed by atoms with Gasteiger partial charge in [-0.3, -0.25) is 0 Å². The Morgan fingerprint density at radius 1 is 1.12 bits per heavy atom. The maximum absolute atomic E-state index is 11.5. The first-order valence-corrected chi connectivity index (χ1v) is 9.87. The molecule has 1 fully saturated rings. The van der Waals surface area contributed by atoms with E-state index in [9.17, 15) is 8.42 Å². The van der Waals surface area contributed by atoms with Crippen molar-refractivity contribution in [3.63, 3.8) is 0 Å². The highest BCUT2D eigenvalue weighted by Gasteiger charge is 2.14. The topological polar surface area (TPSA) is 81.2 Å². The van der Waals surface area contributed by atoms with Crippen LogP contribution in [0.2, 0.25) is 0 Å². The minimum absolute atomic E-state index is 0.285. The highest BCUT2D eigenvalue weighted by atomic mass is 32.2. The molecule has 1 N–H and O–H groups in total. The molecule has 0 spiro atoms. The van der Waals surface area contributed by atoms with Crippen LogP contribution in [0.25, 0.3) is 11.4 Å². The van der Waals surface area contributed by atoms with Crippen molar-refractivity contribution in [3.05, 3.63) is 36.7 Å². The summed E-state index contributed by atoms with van der Waals surface area (Å²) in [5.41, 5.74) is 0.771. The van der Waals surface area contributed by atoms with Gasteiger partial charge in [0.1, 0.15) is 0 Å². The van der Waals surface area contributed by atoms with Gasteiger partial charge in [-0.05, 0) is 56.1 Å². The van der Waals surface area contributed by atoms with Crippen molar-refractivity contribution in [1.29, 1.82) is 0 Å². The van der Waals surface area contributed by atoms with E-state index in [1.165, 1.54) is 6.26 Å². The summed E-state index contributed by atoms with van der Waals surface area (Å²) in [5.74, 6) is 1.78. The summed E-state index contributed by atoms with van der Waals surface area (Å²) in [5, 5.41) is 3.33. The molecule has 1 saturated heterocycles. The fourth-order valence-electron chi connectivity index (χ4n) is 2.65. The number of benzene rings is 1. The summed E-state index contributed by atoms with van der Waals surface area (Å²) in [6, 6.07) is 6.55. The molecule has 0 unspecified atom stereocenters. The van der Waals surface area contributed by atoms with Gasteiger partial charge < -0.3 is 10.1 Å². The van der Waals surface area contributed by atoms with Crippen LogP contribution in [0.5, 0.6) is 5.75 Å². The Hall–Kier alpha value is -1.99. The first kappa shape index (κ1) is 16.9. The monoisotopic (exact) mass is 347 g/mol.